The third kappa shape index (κ3) is 4.28. The van der Waals surface area contributed by atoms with Crippen molar-refractivity contribution in [3.05, 3.63) is 70.9 Å². The molecule has 0 amide bonds. The SMILES string of the molecule is COC(=O)C1=C(C)Nc2nc(SCc3ccccc3)nn2C1c1ccc2c(c1)OCCCO2. The molecule has 8 nitrogen and oxygen atoms in total. The number of thioether (sulfide) groups is 1. The van der Waals surface area contributed by atoms with Gasteiger partial charge < -0.3 is 19.5 Å². The van der Waals surface area contributed by atoms with Crippen molar-refractivity contribution >= 4 is 23.7 Å². The van der Waals surface area contributed by atoms with E-state index in [4.69, 9.17) is 19.3 Å². The first-order valence-electron chi connectivity index (χ1n) is 10.7. The molecule has 5 rings (SSSR count). The Morgan fingerprint density at radius 1 is 1.18 bits per heavy atom. The van der Waals surface area contributed by atoms with Crippen molar-refractivity contribution in [1.82, 2.24) is 14.8 Å². The maximum atomic E-state index is 12.8. The minimum Gasteiger partial charge on any atom is -0.490 e. The fourth-order valence-electron chi connectivity index (χ4n) is 3.95. The van der Waals surface area contributed by atoms with Gasteiger partial charge in [0.1, 0.15) is 6.04 Å². The molecule has 1 atom stereocenters. The number of esters is 1. The molecule has 2 aliphatic heterocycles. The number of rotatable bonds is 5. The summed E-state index contributed by atoms with van der Waals surface area (Å²) in [5.74, 6) is 2.26. The second-order valence-corrected chi connectivity index (χ2v) is 8.69. The highest BCUT2D eigenvalue weighted by Gasteiger charge is 2.35. The first-order chi connectivity index (χ1) is 16.1. The fourth-order valence-corrected chi connectivity index (χ4v) is 4.73. The van der Waals surface area contributed by atoms with Crippen LogP contribution in [0.3, 0.4) is 0 Å². The van der Waals surface area contributed by atoms with Gasteiger partial charge in [-0.05, 0) is 30.2 Å². The van der Waals surface area contributed by atoms with E-state index >= 15 is 0 Å². The van der Waals surface area contributed by atoms with E-state index in [0.29, 0.717) is 47.1 Å². The van der Waals surface area contributed by atoms with Gasteiger partial charge in [0.25, 0.3) is 0 Å². The predicted molar refractivity (Wildman–Crippen MR) is 125 cm³/mol. The molecule has 0 radical (unpaired) electrons. The molecule has 3 heterocycles. The van der Waals surface area contributed by atoms with E-state index in [2.05, 4.69) is 22.4 Å². The van der Waals surface area contributed by atoms with E-state index < -0.39 is 12.0 Å². The summed E-state index contributed by atoms with van der Waals surface area (Å²) in [5.41, 5.74) is 3.18. The number of hydrogen-bond acceptors (Lipinski definition) is 8. The molecule has 0 bridgehead atoms. The number of anilines is 1. The van der Waals surface area contributed by atoms with Crippen LogP contribution in [0.2, 0.25) is 0 Å². The topological polar surface area (TPSA) is 87.5 Å². The number of fused-ring (bicyclic) bond motifs is 2. The highest BCUT2D eigenvalue weighted by molar-refractivity contribution is 7.98. The average molecular weight is 465 g/mol. The number of nitrogens with zero attached hydrogens (tertiary/aromatic N) is 3. The molecule has 1 unspecified atom stereocenters. The lowest BCUT2D eigenvalue weighted by atomic mass is 9.95. The minimum absolute atomic E-state index is 0.420. The van der Waals surface area contributed by atoms with Gasteiger partial charge in [0.15, 0.2) is 11.5 Å². The van der Waals surface area contributed by atoms with Crippen molar-refractivity contribution in [3.8, 4) is 11.5 Å². The van der Waals surface area contributed by atoms with E-state index in [9.17, 15) is 4.79 Å². The smallest absolute Gasteiger partial charge is 0.338 e. The zero-order chi connectivity index (χ0) is 22.8. The summed E-state index contributed by atoms with van der Waals surface area (Å²) in [6.45, 7) is 3.04. The molecule has 1 N–H and O–H groups in total. The van der Waals surface area contributed by atoms with Crippen LogP contribution in [0.1, 0.15) is 30.5 Å². The van der Waals surface area contributed by atoms with Gasteiger partial charge in [0.05, 0.1) is 25.9 Å². The van der Waals surface area contributed by atoms with Gasteiger partial charge in [-0.2, -0.15) is 4.98 Å². The van der Waals surface area contributed by atoms with Crippen molar-refractivity contribution in [3.63, 3.8) is 0 Å². The van der Waals surface area contributed by atoms with E-state index in [1.807, 2.05) is 43.3 Å². The normalized spacial score (nSPS) is 17.1. The number of hydrogen-bond donors (Lipinski definition) is 1. The lowest BCUT2D eigenvalue weighted by Crippen LogP contribution is -2.29. The molecule has 0 aliphatic carbocycles. The summed E-state index contributed by atoms with van der Waals surface area (Å²) in [7, 11) is 1.38. The second-order valence-electron chi connectivity index (χ2n) is 7.75. The Hall–Kier alpha value is -3.46. The Balaban J connectivity index is 1.52. The summed E-state index contributed by atoms with van der Waals surface area (Å²) in [5, 5.41) is 8.59. The molecule has 2 aromatic carbocycles. The highest BCUT2D eigenvalue weighted by atomic mass is 32.2. The van der Waals surface area contributed by atoms with Gasteiger partial charge in [-0.3, -0.25) is 0 Å². The van der Waals surface area contributed by atoms with Crippen LogP contribution >= 0.6 is 11.8 Å². The van der Waals surface area contributed by atoms with Gasteiger partial charge in [0.2, 0.25) is 11.1 Å². The molecule has 0 saturated carbocycles. The molecule has 170 valence electrons. The summed E-state index contributed by atoms with van der Waals surface area (Å²) >= 11 is 1.54. The van der Waals surface area contributed by atoms with Crippen LogP contribution in [0, 0.1) is 0 Å². The molecule has 9 heteroatoms. The molecule has 0 fully saturated rings. The summed E-state index contributed by atoms with van der Waals surface area (Å²) in [6.07, 6.45) is 0.818. The number of ether oxygens (including phenoxy) is 3. The number of nitrogens with one attached hydrogen (secondary N) is 1. The second kappa shape index (κ2) is 9.19. The molecule has 3 aromatic rings. The first-order valence-corrected chi connectivity index (χ1v) is 11.7. The van der Waals surface area contributed by atoms with Crippen molar-refractivity contribution in [2.75, 3.05) is 25.6 Å². The average Bonchev–Trinajstić information content (AvgIpc) is 3.09. The number of benzene rings is 2. The third-order valence-electron chi connectivity index (χ3n) is 5.54. The standard InChI is InChI=1S/C24H24N4O4S/c1-15-20(22(29)30-2)21(17-9-10-18-19(13-17)32-12-6-11-31-18)28-23(25-15)26-24(27-28)33-14-16-7-4-3-5-8-16/h3-5,7-10,13,21H,6,11-12,14H2,1-2H3,(H,25,26,27). The molecular formula is C24H24N4O4S. The van der Waals surface area contributed by atoms with Crippen LogP contribution in [0.25, 0.3) is 0 Å². The molecule has 0 saturated heterocycles. The van der Waals surface area contributed by atoms with Crippen LogP contribution in [0.5, 0.6) is 11.5 Å². The lowest BCUT2D eigenvalue weighted by molar-refractivity contribution is -0.136. The van der Waals surface area contributed by atoms with Gasteiger partial charge in [-0.1, -0.05) is 48.2 Å². The van der Waals surface area contributed by atoms with Crippen molar-refractivity contribution < 1.29 is 19.0 Å². The van der Waals surface area contributed by atoms with Gasteiger partial charge in [-0.15, -0.1) is 5.10 Å². The van der Waals surface area contributed by atoms with Gasteiger partial charge in [-0.25, -0.2) is 9.48 Å². The Kier molecular flexibility index (Phi) is 5.95. The highest BCUT2D eigenvalue weighted by Crippen LogP contribution is 2.40. The molecular weight excluding hydrogens is 440 g/mol. The molecule has 1 aromatic heterocycles. The lowest BCUT2D eigenvalue weighted by Gasteiger charge is -2.28. The van der Waals surface area contributed by atoms with E-state index in [1.54, 1.807) is 16.4 Å². The Morgan fingerprint density at radius 2 is 1.97 bits per heavy atom. The number of aromatic nitrogens is 3. The Labute approximate surface area is 195 Å². The van der Waals surface area contributed by atoms with E-state index in [1.165, 1.54) is 12.7 Å². The quantitative estimate of drug-likeness (QED) is 0.444. The van der Waals surface area contributed by atoms with Crippen molar-refractivity contribution in [1.29, 1.82) is 0 Å². The van der Waals surface area contributed by atoms with Crippen LogP contribution < -0.4 is 14.8 Å². The monoisotopic (exact) mass is 464 g/mol. The number of methoxy groups -OCH3 is 1. The number of carbonyl (C=O) groups is 1. The van der Waals surface area contributed by atoms with Gasteiger partial charge in [0, 0.05) is 17.9 Å². The fraction of sp³-hybridized carbons (Fsp3) is 0.292. The zero-order valence-corrected chi connectivity index (χ0v) is 19.2. The van der Waals surface area contributed by atoms with Crippen LogP contribution in [0.4, 0.5) is 5.95 Å². The minimum atomic E-state index is -0.510. The van der Waals surface area contributed by atoms with E-state index in [0.717, 1.165) is 17.7 Å². The van der Waals surface area contributed by atoms with Crippen LogP contribution in [-0.4, -0.2) is 41.1 Å². The number of allylic oxidation sites excluding steroid dienone is 1. The van der Waals surface area contributed by atoms with Crippen LogP contribution in [-0.2, 0) is 15.3 Å². The molecule has 2 aliphatic rings. The van der Waals surface area contributed by atoms with E-state index in [-0.39, 0.29) is 0 Å². The number of carbonyl (C=O) groups excluding carboxylic acids is 1. The summed E-state index contributed by atoms with van der Waals surface area (Å²) in [6, 6.07) is 15.4. The third-order valence-corrected chi connectivity index (χ3v) is 6.45. The molecule has 0 spiro atoms. The molecule has 33 heavy (non-hydrogen) atoms. The van der Waals surface area contributed by atoms with Gasteiger partial charge >= 0.3 is 5.97 Å². The zero-order valence-electron chi connectivity index (χ0n) is 18.4. The maximum Gasteiger partial charge on any atom is 0.338 e. The first kappa shape index (κ1) is 21.4. The Bertz CT molecular complexity index is 1210. The van der Waals surface area contributed by atoms with Crippen LogP contribution in [0.15, 0.2) is 65.0 Å². The van der Waals surface area contributed by atoms with Crippen molar-refractivity contribution in [2.45, 2.75) is 30.3 Å². The largest absolute Gasteiger partial charge is 0.490 e. The predicted octanol–water partition coefficient (Wildman–Crippen LogP) is 4.19. The maximum absolute atomic E-state index is 12.8. The van der Waals surface area contributed by atoms with Crippen molar-refractivity contribution in [2.24, 2.45) is 0 Å². The summed E-state index contributed by atoms with van der Waals surface area (Å²) < 4.78 is 18.5. The summed E-state index contributed by atoms with van der Waals surface area (Å²) in [4.78, 5) is 17.5. The Morgan fingerprint density at radius 3 is 2.76 bits per heavy atom.